The highest BCUT2D eigenvalue weighted by molar-refractivity contribution is 5.90. The summed E-state index contributed by atoms with van der Waals surface area (Å²) in [6, 6.07) is 12.4. The van der Waals surface area contributed by atoms with Crippen LogP contribution in [0, 0.1) is 5.92 Å². The molecule has 5 N–H and O–H groups in total. The van der Waals surface area contributed by atoms with Crippen molar-refractivity contribution in [2.75, 3.05) is 33.2 Å². The summed E-state index contributed by atoms with van der Waals surface area (Å²) in [5.74, 6) is 0.192. The Morgan fingerprint density at radius 1 is 0.982 bits per heavy atom. The van der Waals surface area contributed by atoms with Crippen LogP contribution in [0.25, 0.3) is 0 Å². The quantitative estimate of drug-likeness (QED) is 0.131. The molecule has 0 radical (unpaired) electrons. The van der Waals surface area contributed by atoms with Gasteiger partial charge in [0, 0.05) is 34.7 Å². The Labute approximate surface area is 321 Å². The average Bonchev–Trinajstić information content (AvgIpc) is 3.80. The summed E-state index contributed by atoms with van der Waals surface area (Å²) in [6.07, 6.45) is -3.81. The first kappa shape index (κ1) is 37.7. The molecule has 56 heavy (non-hydrogen) atoms. The number of nitrogens with two attached hydrogens (primary N) is 1. The molecule has 8 rings (SSSR count). The number of carboxylic acid groups (broad SMARTS) is 1. The third kappa shape index (κ3) is 7.25. The number of esters is 1. The minimum Gasteiger partial charge on any atom is -0.508 e. The Kier molecular flexibility index (Phi) is 10.6. The average molecular weight is 778 g/mol. The van der Waals surface area contributed by atoms with Gasteiger partial charge in [-0.05, 0) is 54.3 Å². The van der Waals surface area contributed by atoms with E-state index in [1.165, 1.54) is 6.26 Å². The van der Waals surface area contributed by atoms with Crippen molar-refractivity contribution in [2.45, 2.75) is 75.3 Å². The molecular weight excluding hydrogens is 734 g/mol. The van der Waals surface area contributed by atoms with Gasteiger partial charge in [0.2, 0.25) is 6.79 Å². The predicted molar refractivity (Wildman–Crippen MR) is 192 cm³/mol. The summed E-state index contributed by atoms with van der Waals surface area (Å²) < 4.78 is 48.1. The lowest BCUT2D eigenvalue weighted by molar-refractivity contribution is -0.372. The zero-order valence-corrected chi connectivity index (χ0v) is 30.7. The molecule has 5 aliphatic rings. The second-order valence-electron chi connectivity index (χ2n) is 14.6. The van der Waals surface area contributed by atoms with E-state index in [9.17, 15) is 19.8 Å². The van der Waals surface area contributed by atoms with Crippen molar-refractivity contribution in [3.8, 4) is 34.5 Å². The number of aliphatic hydroxyl groups is 1. The minimum atomic E-state index is -1.47. The molecule has 1 saturated heterocycles. The van der Waals surface area contributed by atoms with E-state index in [-0.39, 0.29) is 37.4 Å². The third-order valence-corrected chi connectivity index (χ3v) is 10.3. The molecule has 16 heteroatoms. The van der Waals surface area contributed by atoms with Gasteiger partial charge in [-0.15, -0.1) is 0 Å². The number of aliphatic carboxylic acids is 1. The number of allylic oxidation sites excluding steroid dienone is 1. The molecule has 298 valence electrons. The van der Waals surface area contributed by atoms with Crippen molar-refractivity contribution >= 4 is 11.9 Å². The number of aliphatic hydroxyl groups excluding tert-OH is 1. The topological polar surface area (TPSA) is 213 Å². The first-order chi connectivity index (χ1) is 27.1. The van der Waals surface area contributed by atoms with Gasteiger partial charge in [0.15, 0.2) is 35.7 Å². The molecule has 16 nitrogen and oxygen atoms in total. The van der Waals surface area contributed by atoms with E-state index in [4.69, 9.17) is 58.5 Å². The number of hydrogen-bond donors (Lipinski definition) is 4. The molecule has 5 heterocycles. The number of phenols is 1. The summed E-state index contributed by atoms with van der Waals surface area (Å²) in [5, 5.41) is 30.9. The molecule has 0 aromatic heterocycles. The van der Waals surface area contributed by atoms with Crippen LogP contribution >= 0.6 is 0 Å². The van der Waals surface area contributed by atoms with Crippen molar-refractivity contribution in [3.05, 3.63) is 82.6 Å². The number of fused-ring (bicyclic) bond motifs is 8. The van der Waals surface area contributed by atoms with Crippen LogP contribution in [0.4, 0.5) is 0 Å². The molecule has 1 fully saturated rings. The fourth-order valence-corrected chi connectivity index (χ4v) is 7.78. The van der Waals surface area contributed by atoms with Gasteiger partial charge in [0.1, 0.15) is 48.6 Å². The van der Waals surface area contributed by atoms with Crippen LogP contribution in [0.3, 0.4) is 0 Å². The Bertz CT molecular complexity index is 2000. The van der Waals surface area contributed by atoms with E-state index < -0.39 is 67.7 Å². The summed E-state index contributed by atoms with van der Waals surface area (Å²) in [5.41, 5.74) is 9.65. The van der Waals surface area contributed by atoms with E-state index in [0.29, 0.717) is 46.5 Å². The highest BCUT2D eigenvalue weighted by atomic mass is 17.2. The smallest absolute Gasteiger partial charge is 0.317 e. The Morgan fingerprint density at radius 2 is 1.80 bits per heavy atom. The highest BCUT2D eigenvalue weighted by Gasteiger charge is 2.50. The first-order valence-corrected chi connectivity index (χ1v) is 18.5. The molecule has 8 unspecified atom stereocenters. The largest absolute Gasteiger partial charge is 0.508 e. The van der Waals surface area contributed by atoms with Crippen molar-refractivity contribution in [3.63, 3.8) is 0 Å². The second-order valence-corrected chi connectivity index (χ2v) is 14.6. The summed E-state index contributed by atoms with van der Waals surface area (Å²) in [7, 11) is 0. The Morgan fingerprint density at radius 3 is 2.59 bits per heavy atom. The fraction of sp³-hybridized carbons (Fsp3) is 0.450. The van der Waals surface area contributed by atoms with Gasteiger partial charge in [-0.25, -0.2) is 0 Å². The molecule has 8 atom stereocenters. The van der Waals surface area contributed by atoms with Crippen LogP contribution in [0.2, 0.25) is 0 Å². The van der Waals surface area contributed by atoms with Gasteiger partial charge in [0.05, 0.1) is 25.4 Å². The maximum Gasteiger partial charge on any atom is 0.317 e. The normalized spacial score (nSPS) is 26.9. The SMILES string of the molecule is CC(C)Cc1c2c(cc3c1OC1c4cc5c(cc4OCC31)C(c1cccc(O)c1)C=COC1C(O)C(COC(=O)CC(=O)O)OC(OCCN)C1OO5)OCO2. The molecular formula is C40H43NO15. The zero-order chi connectivity index (χ0) is 39.1. The lowest BCUT2D eigenvalue weighted by atomic mass is 9.84. The molecule has 3 aromatic carbocycles. The predicted octanol–water partition coefficient (Wildman–Crippen LogP) is 3.73. The number of rotatable bonds is 10. The van der Waals surface area contributed by atoms with Gasteiger partial charge < -0.3 is 63.8 Å². The summed E-state index contributed by atoms with van der Waals surface area (Å²) in [4.78, 5) is 35.4. The van der Waals surface area contributed by atoms with Crippen LogP contribution in [-0.2, 0) is 39.8 Å². The number of ether oxygens (including phenoxy) is 8. The number of carbonyl (C=O) groups excluding carboxylic acids is 1. The number of carboxylic acids is 1. The van der Waals surface area contributed by atoms with E-state index in [1.807, 2.05) is 18.2 Å². The lowest BCUT2D eigenvalue weighted by Gasteiger charge is -2.42. The van der Waals surface area contributed by atoms with Crippen molar-refractivity contribution in [2.24, 2.45) is 11.7 Å². The molecule has 3 aromatic rings. The van der Waals surface area contributed by atoms with Crippen LogP contribution in [0.15, 0.2) is 54.8 Å². The number of phenolic OH excluding ortho intramolecular Hbond substituents is 1. The molecule has 0 spiro atoms. The minimum absolute atomic E-state index is 0.0228. The number of aromatic hydroxyl groups is 1. The second kappa shape index (κ2) is 15.7. The van der Waals surface area contributed by atoms with Crippen molar-refractivity contribution in [1.82, 2.24) is 0 Å². The Balaban J connectivity index is 1.16. The van der Waals surface area contributed by atoms with Gasteiger partial charge in [-0.1, -0.05) is 26.0 Å². The maximum absolute atomic E-state index is 12.1. The molecule has 5 aliphatic heterocycles. The molecule has 0 aliphatic carbocycles. The monoisotopic (exact) mass is 777 g/mol. The molecule has 0 bridgehead atoms. The van der Waals surface area contributed by atoms with E-state index in [2.05, 4.69) is 13.8 Å². The van der Waals surface area contributed by atoms with E-state index >= 15 is 0 Å². The fourth-order valence-electron chi connectivity index (χ4n) is 7.78. The summed E-state index contributed by atoms with van der Waals surface area (Å²) >= 11 is 0. The van der Waals surface area contributed by atoms with Gasteiger partial charge in [-0.3, -0.25) is 9.59 Å². The number of carbonyl (C=O) groups is 2. The highest BCUT2D eigenvalue weighted by Crippen LogP contribution is 2.58. The van der Waals surface area contributed by atoms with Gasteiger partial charge in [-0.2, -0.15) is 4.89 Å². The van der Waals surface area contributed by atoms with Crippen LogP contribution in [-0.4, -0.2) is 91.1 Å². The van der Waals surface area contributed by atoms with E-state index in [0.717, 1.165) is 23.3 Å². The maximum atomic E-state index is 12.1. The van der Waals surface area contributed by atoms with Crippen LogP contribution < -0.4 is 29.6 Å². The Hall–Kier alpha value is -5.26. The standard InChI is InChI=1S/C40H43NO15/c1-19(2)10-26-35-24(13-30-37(26)52-18-51-30)27-16-49-28-12-23-22(20-4-3-5-21(42)11-20)6-8-47-38-34(46)31(17-50-33(45)15-32(43)44)53-40(48-9-7-41)39(38)56-55-29(23)14-25(28)36(27)54-35/h3-6,8,11-14,19,22,27,31,34,36,38-40,42,46H,7,9-10,15-18,41H2,1-2H3,(H,43,44). The lowest BCUT2D eigenvalue weighted by Crippen LogP contribution is -2.61. The van der Waals surface area contributed by atoms with Crippen LogP contribution in [0.1, 0.15) is 66.0 Å². The van der Waals surface area contributed by atoms with Crippen LogP contribution in [0.5, 0.6) is 34.5 Å². The molecule has 0 amide bonds. The third-order valence-electron chi connectivity index (χ3n) is 10.3. The first-order valence-electron chi connectivity index (χ1n) is 18.5. The van der Waals surface area contributed by atoms with Gasteiger partial charge in [0.25, 0.3) is 0 Å². The number of hydrogen-bond acceptors (Lipinski definition) is 15. The summed E-state index contributed by atoms with van der Waals surface area (Å²) in [6.45, 7) is 4.38. The van der Waals surface area contributed by atoms with E-state index in [1.54, 1.807) is 30.3 Å². The van der Waals surface area contributed by atoms with Crippen molar-refractivity contribution < 1.29 is 72.6 Å². The zero-order valence-electron chi connectivity index (χ0n) is 30.7. The number of benzene rings is 3. The molecule has 0 saturated carbocycles. The van der Waals surface area contributed by atoms with Gasteiger partial charge >= 0.3 is 11.9 Å². The van der Waals surface area contributed by atoms with Crippen molar-refractivity contribution in [1.29, 1.82) is 0 Å².